The van der Waals surface area contributed by atoms with Crippen LogP contribution in [0.1, 0.15) is 74.8 Å². The van der Waals surface area contributed by atoms with E-state index in [9.17, 15) is 59.0 Å². The topological polar surface area (TPSA) is 568 Å². The fraction of sp³-hybridized carbons (Fsp3) is 0.196. The number of carbonyl (C=O) groups excluding carboxylic acids is 4. The zero-order valence-corrected chi connectivity index (χ0v) is 48.5. The maximum absolute atomic E-state index is 10.8. The summed E-state index contributed by atoms with van der Waals surface area (Å²) in [5, 5.41) is 98.5. The first-order valence-electron chi connectivity index (χ1n) is 20.7. The van der Waals surface area contributed by atoms with Crippen LogP contribution in [0.25, 0.3) is 11.6 Å². The van der Waals surface area contributed by atoms with Gasteiger partial charge in [-0.15, -0.1) is 6.61 Å². The number of nitrogens with zero attached hydrogens (tertiary/aromatic N) is 12. The molecular formula is C46H51Cl5N16NaO16P. The van der Waals surface area contributed by atoms with E-state index in [0.717, 1.165) is 30.3 Å². The molecule has 2 aromatic carbocycles. The molecule has 3 amide bonds. The van der Waals surface area contributed by atoms with E-state index in [1.54, 1.807) is 31.5 Å². The molecule has 6 aromatic rings. The van der Waals surface area contributed by atoms with Gasteiger partial charge in [0.1, 0.15) is 46.6 Å². The molecule has 32 nitrogen and oxygen atoms in total. The molecule has 0 fully saturated rings. The Labute approximate surface area is 529 Å². The zero-order valence-electron chi connectivity index (χ0n) is 41.8. The first-order valence-corrected chi connectivity index (χ1v) is 25.9. The summed E-state index contributed by atoms with van der Waals surface area (Å²) in [6, 6.07) is 15.3. The van der Waals surface area contributed by atoms with Crippen LogP contribution in [0.4, 0.5) is 11.4 Å². The van der Waals surface area contributed by atoms with Crippen molar-refractivity contribution in [2.75, 3.05) is 6.61 Å². The number of primary amides is 3. The van der Waals surface area contributed by atoms with Crippen molar-refractivity contribution >= 4 is 109 Å². The van der Waals surface area contributed by atoms with E-state index >= 15 is 0 Å². The van der Waals surface area contributed by atoms with Gasteiger partial charge in [0.15, 0.2) is 17.3 Å². The van der Waals surface area contributed by atoms with Crippen LogP contribution in [-0.4, -0.2) is 106 Å². The third-order valence-corrected chi connectivity index (χ3v) is 7.61. The number of allylic oxidation sites excluding steroid dienone is 1. The van der Waals surface area contributed by atoms with Gasteiger partial charge in [0, 0.05) is 48.5 Å². The van der Waals surface area contributed by atoms with E-state index in [0.29, 0.717) is 24.4 Å². The number of carbonyl (C=O) groups is 4. The molecule has 6 rings (SSSR count). The number of amides is 3. The molecule has 0 spiro atoms. The third-order valence-electron chi connectivity index (χ3n) is 7.22. The summed E-state index contributed by atoms with van der Waals surface area (Å²) in [6.07, 6.45) is 7.63. The van der Waals surface area contributed by atoms with Crippen LogP contribution in [0.15, 0.2) is 78.1 Å². The Morgan fingerprint density at radius 2 is 1.11 bits per heavy atom. The summed E-state index contributed by atoms with van der Waals surface area (Å²) in [7, 11) is 0. The minimum Gasteiger partial charge on any atom is -0.855 e. The summed E-state index contributed by atoms with van der Waals surface area (Å²) >= 11 is 24.9. The van der Waals surface area contributed by atoms with Crippen LogP contribution in [0.2, 0.25) is 10.3 Å². The number of H-pyrrole nitrogens is 1. The number of aromatic nitrogens is 8. The number of nitro benzene ring substituents is 2. The molecule has 0 aliphatic rings. The number of aromatic hydroxyl groups is 5. The first-order chi connectivity index (χ1) is 37.8. The van der Waals surface area contributed by atoms with Crippen molar-refractivity contribution in [3.8, 4) is 47.1 Å². The molecule has 85 heavy (non-hydrogen) atoms. The normalized spacial score (nSPS) is 9.15. The van der Waals surface area contributed by atoms with Gasteiger partial charge in [0.2, 0.25) is 35.1 Å². The Bertz CT molecular complexity index is 3340. The fourth-order valence-electron chi connectivity index (χ4n) is 4.42. The van der Waals surface area contributed by atoms with Crippen LogP contribution in [0, 0.1) is 54.2 Å². The zero-order chi connectivity index (χ0) is 62.4. The molecule has 0 aliphatic heterocycles. The van der Waals surface area contributed by atoms with Crippen molar-refractivity contribution < 1.29 is 93.8 Å². The molecule has 12 N–H and O–H groups in total. The summed E-state index contributed by atoms with van der Waals surface area (Å²) in [5.41, 5.74) is 12.2. The summed E-state index contributed by atoms with van der Waals surface area (Å²) in [4.78, 5) is 98.8. The van der Waals surface area contributed by atoms with Gasteiger partial charge in [0.05, 0.1) is 52.9 Å². The van der Waals surface area contributed by atoms with Crippen molar-refractivity contribution in [2.24, 2.45) is 17.2 Å². The average molecular weight is 1320 g/mol. The SMILES string of the molecule is C.C.C.CC[O-].N#C/C(=C\c1cc(O)c(O)c([N+](=O)[O-])c1)c1ncccn1.N#CCc1nc(Cl)cc(Cl)n1.N#CCc1ncccn1.NC(=O)CC(N)=O.NC(=O)Cc1nc(O)cc(=O)[nH]1.O=Cc1cc(O)c(O)c([N+](=O)[O-])c1.O=P(Cl)(Cl)Cl.[Na+]. The Morgan fingerprint density at radius 3 is 1.46 bits per heavy atom. The van der Waals surface area contributed by atoms with Crippen LogP contribution in [0.3, 0.4) is 0 Å². The van der Waals surface area contributed by atoms with Crippen LogP contribution in [0.5, 0.6) is 28.9 Å². The third kappa shape index (κ3) is 42.7. The summed E-state index contributed by atoms with van der Waals surface area (Å²) in [6.45, 7) is 1.57. The van der Waals surface area contributed by atoms with Gasteiger partial charge in [-0.3, -0.25) is 48.8 Å². The van der Waals surface area contributed by atoms with Gasteiger partial charge < -0.3 is 52.8 Å². The molecule has 0 saturated carbocycles. The number of nitrogens with one attached hydrogen (secondary N) is 1. The predicted molar refractivity (Wildman–Crippen MR) is 305 cm³/mol. The largest absolute Gasteiger partial charge is 1.00 e. The Kier molecular flexibility index (Phi) is 49.2. The maximum atomic E-state index is 10.8. The van der Waals surface area contributed by atoms with E-state index < -0.39 is 78.6 Å². The second-order valence-electron chi connectivity index (χ2n) is 13.4. The molecule has 0 atom stereocenters. The molecular weight excluding hydrogens is 1260 g/mol. The Balaban J connectivity index is -0.000000219. The van der Waals surface area contributed by atoms with E-state index in [4.69, 9.17) is 65.1 Å². The first kappa shape index (κ1) is 87.5. The molecule has 0 saturated heterocycles. The smallest absolute Gasteiger partial charge is 0.855 e. The van der Waals surface area contributed by atoms with Crippen LogP contribution < -0.4 is 57.4 Å². The Hall–Kier alpha value is -8.71. The van der Waals surface area contributed by atoms with E-state index in [2.05, 4.69) is 85.1 Å². The standard InChI is InChI=1S/C13H8N4O4.C7H5NO5.C6H3Cl2N3.C6H7N3O3.C6H5N3.C3H6N2O2.C2H5O.3CH4.Cl3OP.Na/c14-7-9(13-15-2-1-3-16-13)4-8-5-10(17(20)21)12(19)11(18)6-8;9-3-4-1-5(8(12)13)7(11)6(10)2-4;7-4-3-5(8)11-6(10-4)1-2-9;7-3(10)1-4-8-5(11)2-6(12)9-4;7-3-2-6-8-4-1-5-9-6;4-2(6)1-3(5)7;1-2-3;;;;1-5(2,3)4;/h1-6,18-19H;1-3,10-11H;3H,1H2;2H,1H2,(H2,7,10)(H2,8,9,11,12);1,4-5H,2H2;1H2,(H2,4,6)(H2,5,7);2H2,1H3;3*1H4;;/q;;;;;;-1;;;;;+1/b9-4+;;;;;;;;;;;. The predicted octanol–water partition coefficient (Wildman–Crippen LogP) is 3.01. The number of nitro groups is 2. The molecule has 0 bridgehead atoms. The number of aromatic amines is 1. The second-order valence-corrected chi connectivity index (χ2v) is 20.9. The van der Waals surface area contributed by atoms with Gasteiger partial charge in [-0.2, -0.15) is 20.8 Å². The van der Waals surface area contributed by atoms with E-state index in [-0.39, 0.29) is 116 Å². The fourth-order valence-corrected chi connectivity index (χ4v) is 4.88. The number of nitrogens with two attached hydrogens (primary N) is 3. The average Bonchev–Trinajstić information content (AvgIpc) is 3.51. The molecule has 0 unspecified atom stereocenters. The van der Waals surface area contributed by atoms with Gasteiger partial charge in [-0.1, -0.05) is 52.4 Å². The van der Waals surface area contributed by atoms with Crippen molar-refractivity contribution in [3.63, 3.8) is 0 Å². The number of hydrogen-bond donors (Lipinski definition) is 9. The molecule has 39 heteroatoms. The van der Waals surface area contributed by atoms with Gasteiger partial charge in [0.25, 0.3) is 5.56 Å². The summed E-state index contributed by atoms with van der Waals surface area (Å²) in [5.74, 6) is -4.27. The number of halogens is 5. The van der Waals surface area contributed by atoms with Gasteiger partial charge in [-0.05, 0) is 69.6 Å². The number of phenolic OH excluding ortho intramolecular Hbond substituents is 4. The van der Waals surface area contributed by atoms with Gasteiger partial charge >= 0.3 is 46.1 Å². The van der Waals surface area contributed by atoms with Crippen molar-refractivity contribution in [1.29, 1.82) is 15.8 Å². The molecule has 4 aromatic heterocycles. The molecule has 0 aliphatic carbocycles. The quantitative estimate of drug-likeness (QED) is 0.0104. The minimum absolute atomic E-state index is 0. The number of benzene rings is 2. The molecule has 4 heterocycles. The minimum atomic E-state index is -3.22. The number of phenols is 4. The monoisotopic (exact) mass is 1310 g/mol. The number of aldehydes is 1. The molecule has 0 radical (unpaired) electrons. The van der Waals surface area contributed by atoms with Crippen LogP contribution >= 0.6 is 62.1 Å². The van der Waals surface area contributed by atoms with Crippen molar-refractivity contribution in [2.45, 2.75) is 54.9 Å². The maximum Gasteiger partial charge on any atom is 1.00 e. The van der Waals surface area contributed by atoms with E-state index in [1.165, 1.54) is 24.5 Å². The van der Waals surface area contributed by atoms with Crippen LogP contribution in [-0.2, 0) is 38.2 Å². The molecule has 452 valence electrons. The second kappa shape index (κ2) is 47.7. The van der Waals surface area contributed by atoms with Gasteiger partial charge in [-0.25, -0.2) is 29.9 Å². The Morgan fingerprint density at radius 1 is 0.706 bits per heavy atom. The van der Waals surface area contributed by atoms with Crippen molar-refractivity contribution in [3.05, 3.63) is 149 Å². The number of nitriles is 3. The number of rotatable bonds is 11. The van der Waals surface area contributed by atoms with E-state index in [1.807, 2.05) is 18.2 Å². The number of hydrogen-bond acceptors (Lipinski definition) is 26. The summed E-state index contributed by atoms with van der Waals surface area (Å²) < 4.78 is 9.51. The van der Waals surface area contributed by atoms with Crippen molar-refractivity contribution in [1.82, 2.24) is 39.9 Å².